The third-order valence-electron chi connectivity index (χ3n) is 11.2. The maximum atomic E-state index is 12.8. The predicted molar refractivity (Wildman–Crippen MR) is 270 cm³/mol. The van der Waals surface area contributed by atoms with E-state index in [4.69, 9.17) is 14.2 Å². The Balaban J connectivity index is 4.29. The molecular formula is C57H100O5. The molecule has 0 radical (unpaired) electrons. The Morgan fingerprint density at radius 1 is 0.371 bits per heavy atom. The van der Waals surface area contributed by atoms with E-state index in [0.29, 0.717) is 19.4 Å². The number of hydrogen-bond donors (Lipinski definition) is 0. The Kier molecular flexibility index (Phi) is 50.4. The van der Waals surface area contributed by atoms with Gasteiger partial charge in [-0.2, -0.15) is 0 Å². The number of esters is 2. The summed E-state index contributed by atoms with van der Waals surface area (Å²) in [6, 6.07) is 0. The van der Waals surface area contributed by atoms with Crippen molar-refractivity contribution < 1.29 is 23.8 Å². The standard InChI is InChI=1S/C57H100O5/c1-4-7-10-13-16-19-22-24-26-28-29-30-31-33-36-38-41-44-47-50-56(58)61-54-55(62-57(59)51-48-45-42-39-35-21-18-15-12-9-6-3)53-60-52-49-46-43-40-37-34-32-27-25-23-20-17-14-11-8-5-2/h8,11,15,17-18,20,25,27,34,37,43,46,55H,4-7,9-10,12-14,16,19,21-24,26,28-33,35-36,38-42,44-45,47-54H2,1-3H3/b11-8-,18-15-,20-17-,27-25-,37-34-,46-43-. The maximum absolute atomic E-state index is 12.8. The average molecular weight is 865 g/mol. The van der Waals surface area contributed by atoms with Gasteiger partial charge in [-0.05, 0) is 70.6 Å². The minimum atomic E-state index is -0.579. The molecule has 0 aliphatic carbocycles. The summed E-state index contributed by atoms with van der Waals surface area (Å²) >= 11 is 0. The number of allylic oxidation sites excluding steroid dienone is 11. The van der Waals surface area contributed by atoms with E-state index in [9.17, 15) is 9.59 Å². The van der Waals surface area contributed by atoms with Gasteiger partial charge in [0.05, 0.1) is 13.2 Å². The minimum Gasteiger partial charge on any atom is -0.462 e. The van der Waals surface area contributed by atoms with E-state index < -0.39 is 6.10 Å². The molecule has 0 fully saturated rings. The molecule has 0 aromatic rings. The van der Waals surface area contributed by atoms with Crippen LogP contribution < -0.4 is 0 Å². The summed E-state index contributed by atoms with van der Waals surface area (Å²) in [5.41, 5.74) is 0. The number of hydrogen-bond acceptors (Lipinski definition) is 5. The van der Waals surface area contributed by atoms with Crippen molar-refractivity contribution >= 4 is 11.9 Å². The summed E-state index contributed by atoms with van der Waals surface area (Å²) in [4.78, 5) is 25.4. The molecule has 1 unspecified atom stereocenters. The molecule has 5 heteroatoms. The van der Waals surface area contributed by atoms with E-state index in [2.05, 4.69) is 93.7 Å². The zero-order valence-electron chi connectivity index (χ0n) is 41.1. The van der Waals surface area contributed by atoms with Crippen molar-refractivity contribution in [3.8, 4) is 0 Å². The number of unbranched alkanes of at least 4 members (excludes halogenated alkanes) is 25. The minimum absolute atomic E-state index is 0.0527. The lowest BCUT2D eigenvalue weighted by molar-refractivity contribution is -0.162. The normalized spacial score (nSPS) is 12.8. The highest BCUT2D eigenvalue weighted by Crippen LogP contribution is 2.16. The van der Waals surface area contributed by atoms with Crippen LogP contribution in [0.4, 0.5) is 0 Å². The first-order chi connectivity index (χ1) is 30.6. The molecule has 0 bridgehead atoms. The summed E-state index contributed by atoms with van der Waals surface area (Å²) in [5, 5.41) is 0. The van der Waals surface area contributed by atoms with Gasteiger partial charge in [-0.1, -0.05) is 241 Å². The third-order valence-corrected chi connectivity index (χ3v) is 11.2. The van der Waals surface area contributed by atoms with Crippen LogP contribution in [0.1, 0.15) is 252 Å². The van der Waals surface area contributed by atoms with Gasteiger partial charge < -0.3 is 14.2 Å². The topological polar surface area (TPSA) is 61.8 Å². The van der Waals surface area contributed by atoms with Crippen LogP contribution in [0.5, 0.6) is 0 Å². The molecule has 0 aliphatic heterocycles. The molecule has 0 aromatic carbocycles. The molecule has 1 atom stereocenters. The fraction of sp³-hybridized carbons (Fsp3) is 0.754. The van der Waals surface area contributed by atoms with Crippen LogP contribution in [0.15, 0.2) is 72.9 Å². The Morgan fingerprint density at radius 2 is 0.742 bits per heavy atom. The largest absolute Gasteiger partial charge is 0.462 e. The second-order valence-electron chi connectivity index (χ2n) is 17.4. The van der Waals surface area contributed by atoms with Gasteiger partial charge in [-0.15, -0.1) is 0 Å². The Labute approximate surface area is 385 Å². The summed E-state index contributed by atoms with van der Waals surface area (Å²) in [6.07, 6.45) is 68.0. The molecule has 358 valence electrons. The molecular weight excluding hydrogens is 765 g/mol. The van der Waals surface area contributed by atoms with Crippen molar-refractivity contribution in [3.63, 3.8) is 0 Å². The molecule has 0 saturated heterocycles. The zero-order valence-corrected chi connectivity index (χ0v) is 41.1. The first-order valence-corrected chi connectivity index (χ1v) is 26.5. The summed E-state index contributed by atoms with van der Waals surface area (Å²) in [7, 11) is 0. The van der Waals surface area contributed by atoms with Crippen molar-refractivity contribution in [2.75, 3.05) is 19.8 Å². The van der Waals surface area contributed by atoms with E-state index in [1.165, 1.54) is 141 Å². The van der Waals surface area contributed by atoms with Crippen molar-refractivity contribution in [3.05, 3.63) is 72.9 Å². The quantitative estimate of drug-likeness (QED) is 0.0346. The highest BCUT2D eigenvalue weighted by Gasteiger charge is 2.17. The SMILES string of the molecule is CC/C=C\C/C=C\C/C=C\C/C=C\C/C=C\CCOCC(COC(=O)CCCCCCCCCCCCCCCCCCCCC)OC(=O)CCCCCCC/C=C\CCCC. The van der Waals surface area contributed by atoms with Crippen LogP contribution in [-0.4, -0.2) is 37.9 Å². The second kappa shape index (κ2) is 52.7. The number of rotatable bonds is 48. The van der Waals surface area contributed by atoms with Crippen molar-refractivity contribution in [1.82, 2.24) is 0 Å². The molecule has 0 N–H and O–H groups in total. The predicted octanol–water partition coefficient (Wildman–Crippen LogP) is 17.9. The lowest BCUT2D eigenvalue weighted by Gasteiger charge is -2.18. The van der Waals surface area contributed by atoms with Crippen LogP contribution in [0.25, 0.3) is 0 Å². The Morgan fingerprint density at radius 3 is 1.21 bits per heavy atom. The van der Waals surface area contributed by atoms with Gasteiger partial charge in [-0.3, -0.25) is 9.59 Å². The fourth-order valence-corrected chi connectivity index (χ4v) is 7.32. The van der Waals surface area contributed by atoms with E-state index in [1.54, 1.807) is 0 Å². The van der Waals surface area contributed by atoms with Gasteiger partial charge in [0.2, 0.25) is 0 Å². The lowest BCUT2D eigenvalue weighted by atomic mass is 10.0. The van der Waals surface area contributed by atoms with Crippen LogP contribution in [-0.2, 0) is 23.8 Å². The smallest absolute Gasteiger partial charge is 0.306 e. The van der Waals surface area contributed by atoms with Gasteiger partial charge >= 0.3 is 11.9 Å². The Hall–Kier alpha value is -2.66. The van der Waals surface area contributed by atoms with E-state index in [-0.39, 0.29) is 25.2 Å². The van der Waals surface area contributed by atoms with Crippen LogP contribution in [0.2, 0.25) is 0 Å². The summed E-state index contributed by atoms with van der Waals surface area (Å²) in [6.45, 7) is 7.48. The highest BCUT2D eigenvalue weighted by molar-refractivity contribution is 5.70. The fourth-order valence-electron chi connectivity index (χ4n) is 7.32. The lowest BCUT2D eigenvalue weighted by Crippen LogP contribution is -2.30. The van der Waals surface area contributed by atoms with E-state index in [1.807, 2.05) is 0 Å². The monoisotopic (exact) mass is 865 g/mol. The molecule has 0 amide bonds. The van der Waals surface area contributed by atoms with E-state index in [0.717, 1.165) is 77.0 Å². The first kappa shape index (κ1) is 59.3. The number of carbonyl (C=O) groups excluding carboxylic acids is 2. The number of ether oxygens (including phenoxy) is 3. The van der Waals surface area contributed by atoms with Crippen LogP contribution in [0.3, 0.4) is 0 Å². The molecule has 5 nitrogen and oxygen atoms in total. The molecule has 62 heavy (non-hydrogen) atoms. The number of carbonyl (C=O) groups is 2. The van der Waals surface area contributed by atoms with Gasteiger partial charge in [0.25, 0.3) is 0 Å². The van der Waals surface area contributed by atoms with E-state index >= 15 is 0 Å². The van der Waals surface area contributed by atoms with Gasteiger partial charge in [0, 0.05) is 12.8 Å². The van der Waals surface area contributed by atoms with Crippen molar-refractivity contribution in [2.45, 2.75) is 258 Å². The second-order valence-corrected chi connectivity index (χ2v) is 17.4. The highest BCUT2D eigenvalue weighted by atomic mass is 16.6. The molecule has 0 rings (SSSR count). The van der Waals surface area contributed by atoms with Gasteiger partial charge in [0.15, 0.2) is 6.10 Å². The van der Waals surface area contributed by atoms with Crippen LogP contribution in [0, 0.1) is 0 Å². The van der Waals surface area contributed by atoms with Gasteiger partial charge in [0.1, 0.15) is 6.61 Å². The average Bonchev–Trinajstić information content (AvgIpc) is 3.27. The van der Waals surface area contributed by atoms with Crippen molar-refractivity contribution in [1.29, 1.82) is 0 Å². The Bertz CT molecular complexity index is 1110. The first-order valence-electron chi connectivity index (χ1n) is 26.5. The molecule has 0 aliphatic rings. The maximum Gasteiger partial charge on any atom is 0.306 e. The molecule has 0 saturated carbocycles. The summed E-state index contributed by atoms with van der Waals surface area (Å²) < 4.78 is 17.3. The molecule has 0 heterocycles. The van der Waals surface area contributed by atoms with Crippen LogP contribution >= 0.6 is 0 Å². The van der Waals surface area contributed by atoms with Gasteiger partial charge in [-0.25, -0.2) is 0 Å². The van der Waals surface area contributed by atoms with Crippen molar-refractivity contribution in [2.24, 2.45) is 0 Å². The summed E-state index contributed by atoms with van der Waals surface area (Å²) in [5.74, 6) is -0.442. The molecule has 0 spiro atoms. The zero-order chi connectivity index (χ0) is 44.9. The third kappa shape index (κ3) is 50.0. The molecule has 0 aromatic heterocycles.